The van der Waals surface area contributed by atoms with Gasteiger partial charge in [-0.25, -0.2) is 0 Å². The highest BCUT2D eigenvalue weighted by molar-refractivity contribution is 6.31. The largest absolute Gasteiger partial charge is 0.488 e. The number of halogens is 1. The maximum atomic E-state index is 9.28. The molecular weight excluding hydrogens is 250 g/mol. The Labute approximate surface area is 111 Å². The highest BCUT2D eigenvalue weighted by Crippen LogP contribution is 2.22. The SMILES string of the molecule is Cc1ccc(OCc2ccncc2Cl)c(CO)c1. The Morgan fingerprint density at radius 2 is 2.11 bits per heavy atom. The number of nitrogens with zero attached hydrogens (tertiary/aromatic N) is 1. The molecule has 1 heterocycles. The predicted molar refractivity (Wildman–Crippen MR) is 70.7 cm³/mol. The molecule has 0 aliphatic heterocycles. The van der Waals surface area contributed by atoms with Gasteiger partial charge in [0.1, 0.15) is 12.4 Å². The summed E-state index contributed by atoms with van der Waals surface area (Å²) in [6.45, 7) is 2.29. The van der Waals surface area contributed by atoms with Crippen molar-refractivity contribution in [3.63, 3.8) is 0 Å². The Kier molecular flexibility index (Phi) is 4.18. The lowest BCUT2D eigenvalue weighted by atomic mass is 10.1. The Bertz CT molecular complexity index is 543. The molecule has 0 radical (unpaired) electrons. The molecule has 0 saturated heterocycles. The van der Waals surface area contributed by atoms with Gasteiger partial charge < -0.3 is 9.84 Å². The van der Waals surface area contributed by atoms with Crippen LogP contribution in [0.2, 0.25) is 5.02 Å². The number of benzene rings is 1. The summed E-state index contributed by atoms with van der Waals surface area (Å²) in [6.07, 6.45) is 3.26. The first-order valence-corrected chi connectivity index (χ1v) is 6.00. The zero-order valence-corrected chi connectivity index (χ0v) is 10.8. The van der Waals surface area contributed by atoms with Crippen molar-refractivity contribution < 1.29 is 9.84 Å². The van der Waals surface area contributed by atoms with Gasteiger partial charge in [-0.2, -0.15) is 0 Å². The molecule has 18 heavy (non-hydrogen) atoms. The van der Waals surface area contributed by atoms with E-state index in [4.69, 9.17) is 16.3 Å². The van der Waals surface area contributed by atoms with E-state index in [1.807, 2.05) is 31.2 Å². The summed E-state index contributed by atoms with van der Waals surface area (Å²) >= 11 is 6.00. The van der Waals surface area contributed by atoms with Gasteiger partial charge in [-0.3, -0.25) is 4.98 Å². The second kappa shape index (κ2) is 5.85. The van der Waals surface area contributed by atoms with Gasteiger partial charge in [0.05, 0.1) is 11.6 Å². The van der Waals surface area contributed by atoms with Gasteiger partial charge in [0.25, 0.3) is 0 Å². The van der Waals surface area contributed by atoms with Crippen LogP contribution in [0.15, 0.2) is 36.7 Å². The highest BCUT2D eigenvalue weighted by Gasteiger charge is 2.05. The van der Waals surface area contributed by atoms with Gasteiger partial charge in [0, 0.05) is 23.5 Å². The van der Waals surface area contributed by atoms with E-state index in [2.05, 4.69) is 4.98 Å². The number of ether oxygens (including phenoxy) is 1. The van der Waals surface area contributed by atoms with E-state index in [0.717, 1.165) is 16.7 Å². The van der Waals surface area contributed by atoms with E-state index >= 15 is 0 Å². The zero-order chi connectivity index (χ0) is 13.0. The molecule has 0 saturated carbocycles. The molecular formula is C14H14ClNO2. The molecule has 0 atom stereocenters. The summed E-state index contributed by atoms with van der Waals surface area (Å²) in [5, 5.41) is 9.86. The average molecular weight is 264 g/mol. The summed E-state index contributed by atoms with van der Waals surface area (Å²) in [7, 11) is 0. The number of pyridine rings is 1. The van der Waals surface area contributed by atoms with Crippen molar-refractivity contribution in [2.45, 2.75) is 20.1 Å². The first kappa shape index (κ1) is 12.9. The van der Waals surface area contributed by atoms with Crippen molar-refractivity contribution in [2.24, 2.45) is 0 Å². The van der Waals surface area contributed by atoms with E-state index in [0.29, 0.717) is 17.4 Å². The number of rotatable bonds is 4. The highest BCUT2D eigenvalue weighted by atomic mass is 35.5. The minimum atomic E-state index is -0.0406. The smallest absolute Gasteiger partial charge is 0.125 e. The molecule has 2 rings (SSSR count). The van der Waals surface area contributed by atoms with Gasteiger partial charge >= 0.3 is 0 Å². The van der Waals surface area contributed by atoms with Crippen LogP contribution in [0.5, 0.6) is 5.75 Å². The van der Waals surface area contributed by atoms with Crippen LogP contribution in [0.3, 0.4) is 0 Å². The number of aryl methyl sites for hydroxylation is 1. The summed E-state index contributed by atoms with van der Waals surface area (Å²) in [5.74, 6) is 0.677. The van der Waals surface area contributed by atoms with E-state index in [-0.39, 0.29) is 6.61 Å². The van der Waals surface area contributed by atoms with Gasteiger partial charge in [-0.15, -0.1) is 0 Å². The van der Waals surface area contributed by atoms with Crippen LogP contribution in [0, 0.1) is 6.92 Å². The van der Waals surface area contributed by atoms with Crippen molar-refractivity contribution in [3.8, 4) is 5.75 Å². The molecule has 1 N–H and O–H groups in total. The van der Waals surface area contributed by atoms with Crippen molar-refractivity contribution >= 4 is 11.6 Å². The molecule has 0 unspecified atom stereocenters. The average Bonchev–Trinajstić information content (AvgIpc) is 2.39. The minimum Gasteiger partial charge on any atom is -0.488 e. The van der Waals surface area contributed by atoms with Crippen LogP contribution in [0.4, 0.5) is 0 Å². The maximum absolute atomic E-state index is 9.28. The number of aliphatic hydroxyl groups excluding tert-OH is 1. The molecule has 0 spiro atoms. The van der Waals surface area contributed by atoms with E-state index < -0.39 is 0 Å². The number of hydrogen-bond donors (Lipinski definition) is 1. The number of aromatic nitrogens is 1. The minimum absolute atomic E-state index is 0.0406. The Morgan fingerprint density at radius 1 is 1.28 bits per heavy atom. The van der Waals surface area contributed by atoms with Crippen molar-refractivity contribution in [1.29, 1.82) is 0 Å². The lowest BCUT2D eigenvalue weighted by Crippen LogP contribution is -2.00. The zero-order valence-electron chi connectivity index (χ0n) is 10.1. The third kappa shape index (κ3) is 3.00. The first-order chi connectivity index (χ1) is 8.70. The molecule has 2 aromatic rings. The Hall–Kier alpha value is -1.58. The van der Waals surface area contributed by atoms with Crippen LogP contribution >= 0.6 is 11.6 Å². The normalized spacial score (nSPS) is 10.4. The van der Waals surface area contributed by atoms with E-state index in [1.165, 1.54) is 0 Å². The molecule has 4 heteroatoms. The van der Waals surface area contributed by atoms with Crippen molar-refractivity contribution in [1.82, 2.24) is 4.98 Å². The van der Waals surface area contributed by atoms with Crippen LogP contribution in [-0.2, 0) is 13.2 Å². The fourth-order valence-corrected chi connectivity index (χ4v) is 1.82. The Balaban J connectivity index is 2.13. The lowest BCUT2D eigenvalue weighted by Gasteiger charge is -2.11. The van der Waals surface area contributed by atoms with E-state index in [9.17, 15) is 5.11 Å². The van der Waals surface area contributed by atoms with Crippen molar-refractivity contribution in [3.05, 3.63) is 58.4 Å². The van der Waals surface area contributed by atoms with Crippen LogP contribution in [0.1, 0.15) is 16.7 Å². The summed E-state index contributed by atoms with van der Waals surface area (Å²) in [6, 6.07) is 7.53. The molecule has 0 aliphatic carbocycles. The lowest BCUT2D eigenvalue weighted by molar-refractivity contribution is 0.259. The molecule has 3 nitrogen and oxygen atoms in total. The molecule has 0 amide bonds. The van der Waals surface area contributed by atoms with Gasteiger partial charge in [-0.05, 0) is 19.1 Å². The first-order valence-electron chi connectivity index (χ1n) is 5.62. The monoisotopic (exact) mass is 263 g/mol. The third-order valence-corrected chi connectivity index (χ3v) is 2.97. The van der Waals surface area contributed by atoms with Crippen LogP contribution in [0.25, 0.3) is 0 Å². The van der Waals surface area contributed by atoms with Crippen molar-refractivity contribution in [2.75, 3.05) is 0 Å². The predicted octanol–water partition coefficient (Wildman–Crippen LogP) is 3.11. The summed E-state index contributed by atoms with van der Waals surface area (Å²) in [4.78, 5) is 3.92. The van der Waals surface area contributed by atoms with E-state index in [1.54, 1.807) is 12.4 Å². The second-order valence-electron chi connectivity index (χ2n) is 4.03. The Morgan fingerprint density at radius 3 is 2.83 bits per heavy atom. The fraction of sp³-hybridized carbons (Fsp3) is 0.214. The summed E-state index contributed by atoms with van der Waals surface area (Å²) in [5.41, 5.74) is 2.74. The van der Waals surface area contributed by atoms with Gasteiger partial charge in [-0.1, -0.05) is 29.3 Å². The molecule has 1 aromatic carbocycles. The van der Waals surface area contributed by atoms with Crippen LogP contribution < -0.4 is 4.74 Å². The molecule has 1 aromatic heterocycles. The number of hydrogen-bond acceptors (Lipinski definition) is 3. The maximum Gasteiger partial charge on any atom is 0.125 e. The molecule has 94 valence electrons. The number of aliphatic hydroxyl groups is 1. The van der Waals surface area contributed by atoms with Crippen LogP contribution in [-0.4, -0.2) is 10.1 Å². The molecule has 0 aliphatic rings. The standard InChI is InChI=1S/C14H14ClNO2/c1-10-2-3-14(12(6-10)8-17)18-9-11-4-5-16-7-13(11)15/h2-7,17H,8-9H2,1H3. The van der Waals surface area contributed by atoms with Gasteiger partial charge in [0.2, 0.25) is 0 Å². The third-order valence-electron chi connectivity index (χ3n) is 2.63. The fourth-order valence-electron chi connectivity index (χ4n) is 1.65. The quantitative estimate of drug-likeness (QED) is 0.922. The second-order valence-corrected chi connectivity index (χ2v) is 4.43. The molecule has 0 bridgehead atoms. The topological polar surface area (TPSA) is 42.4 Å². The van der Waals surface area contributed by atoms with Gasteiger partial charge in [0.15, 0.2) is 0 Å². The summed E-state index contributed by atoms with van der Waals surface area (Å²) < 4.78 is 5.68. The molecule has 0 fully saturated rings.